The van der Waals surface area contributed by atoms with Gasteiger partial charge in [0.2, 0.25) is 0 Å². The minimum Gasteiger partial charge on any atom is -0.266 e. The van der Waals surface area contributed by atoms with E-state index in [0.717, 1.165) is 0 Å². The third kappa shape index (κ3) is 1.18. The Morgan fingerprint density at radius 3 is 2.13 bits per heavy atom. The summed E-state index contributed by atoms with van der Waals surface area (Å²) in [5, 5.41) is -0.311. The Morgan fingerprint density at radius 2 is 1.60 bits per heavy atom. The molecule has 4 heteroatoms. The molecule has 2 aliphatic rings. The summed E-state index contributed by atoms with van der Waals surface area (Å²) in [6, 6.07) is 0. The summed E-state index contributed by atoms with van der Waals surface area (Å²) in [5.74, 6) is 0.779. The molecule has 1 aliphatic heterocycles. The predicted octanol–water partition coefficient (Wildman–Crippen LogP) is 2.03. The van der Waals surface area contributed by atoms with E-state index in [9.17, 15) is 8.42 Å². The maximum absolute atomic E-state index is 11.9. The molecule has 1 saturated carbocycles. The van der Waals surface area contributed by atoms with Gasteiger partial charge in [0.05, 0.1) is 11.4 Å². The summed E-state index contributed by atoms with van der Waals surface area (Å²) in [6.07, 6.45) is -0.200. The zero-order valence-corrected chi connectivity index (χ0v) is 10.8. The molecule has 0 aromatic rings. The molecule has 0 amide bonds. The minimum atomic E-state index is -3.35. The fourth-order valence-electron chi connectivity index (χ4n) is 3.70. The maximum Gasteiger partial charge on any atom is 0.271 e. The smallest absolute Gasteiger partial charge is 0.266 e. The van der Waals surface area contributed by atoms with Crippen LogP contribution in [0, 0.1) is 23.2 Å². The largest absolute Gasteiger partial charge is 0.271 e. The first-order valence-electron chi connectivity index (χ1n) is 5.65. The Balaban J connectivity index is 2.57. The van der Waals surface area contributed by atoms with E-state index >= 15 is 0 Å². The molecule has 0 N–H and O–H groups in total. The van der Waals surface area contributed by atoms with Gasteiger partial charge in [0.15, 0.2) is 0 Å². The van der Waals surface area contributed by atoms with Crippen LogP contribution in [-0.4, -0.2) is 19.8 Å². The van der Waals surface area contributed by atoms with Crippen LogP contribution in [0.2, 0.25) is 0 Å². The number of hydrogen-bond donors (Lipinski definition) is 0. The Bertz CT molecular complexity index is 375. The van der Waals surface area contributed by atoms with Crippen molar-refractivity contribution in [1.29, 1.82) is 0 Å². The molecule has 6 unspecified atom stereocenters. The van der Waals surface area contributed by atoms with Crippen LogP contribution in [0.25, 0.3) is 0 Å². The highest BCUT2D eigenvalue weighted by Gasteiger charge is 2.63. The van der Waals surface area contributed by atoms with Gasteiger partial charge < -0.3 is 0 Å². The van der Waals surface area contributed by atoms with Gasteiger partial charge in [-0.15, -0.1) is 0 Å². The fourth-order valence-corrected chi connectivity index (χ4v) is 5.99. The van der Waals surface area contributed by atoms with Crippen LogP contribution >= 0.6 is 0 Å². The van der Waals surface area contributed by atoms with Crippen molar-refractivity contribution in [3.63, 3.8) is 0 Å². The van der Waals surface area contributed by atoms with Gasteiger partial charge >= 0.3 is 0 Å². The van der Waals surface area contributed by atoms with Gasteiger partial charge in [0.1, 0.15) is 0 Å². The molecule has 6 atom stereocenters. The molecule has 1 saturated heterocycles. The molecule has 2 rings (SSSR count). The molecule has 3 nitrogen and oxygen atoms in total. The van der Waals surface area contributed by atoms with E-state index < -0.39 is 10.1 Å². The SMILES string of the molecule is CC1C(C)C2(C)C(C)OS(=O)(=O)C1C2C. The summed E-state index contributed by atoms with van der Waals surface area (Å²) in [7, 11) is -3.35. The van der Waals surface area contributed by atoms with Gasteiger partial charge in [-0.3, -0.25) is 4.18 Å². The van der Waals surface area contributed by atoms with E-state index in [2.05, 4.69) is 20.8 Å². The van der Waals surface area contributed by atoms with Gasteiger partial charge in [-0.2, -0.15) is 8.42 Å². The molecule has 1 heterocycles. The van der Waals surface area contributed by atoms with Crippen molar-refractivity contribution < 1.29 is 12.6 Å². The Kier molecular flexibility index (Phi) is 2.26. The Labute approximate surface area is 92.3 Å². The first kappa shape index (κ1) is 11.4. The van der Waals surface area contributed by atoms with Crippen molar-refractivity contribution in [2.45, 2.75) is 46.0 Å². The monoisotopic (exact) mass is 232 g/mol. The van der Waals surface area contributed by atoms with E-state index in [1.54, 1.807) is 0 Å². The second-order valence-corrected chi connectivity index (χ2v) is 7.22. The summed E-state index contributed by atoms with van der Waals surface area (Å²) in [4.78, 5) is 0. The Morgan fingerprint density at radius 1 is 1.07 bits per heavy atom. The van der Waals surface area contributed by atoms with Crippen molar-refractivity contribution in [3.8, 4) is 0 Å². The quantitative estimate of drug-likeness (QED) is 0.600. The van der Waals surface area contributed by atoms with E-state index in [0.29, 0.717) is 5.92 Å². The zero-order chi connectivity index (χ0) is 11.6. The van der Waals surface area contributed by atoms with Crippen LogP contribution in [0.4, 0.5) is 0 Å². The van der Waals surface area contributed by atoms with Crippen molar-refractivity contribution in [3.05, 3.63) is 0 Å². The van der Waals surface area contributed by atoms with E-state index in [1.165, 1.54) is 0 Å². The molecular weight excluding hydrogens is 212 g/mol. The van der Waals surface area contributed by atoms with Gasteiger partial charge in [0.25, 0.3) is 10.1 Å². The van der Waals surface area contributed by atoms with Crippen LogP contribution in [0.1, 0.15) is 34.6 Å². The second-order valence-electron chi connectivity index (χ2n) is 5.50. The topological polar surface area (TPSA) is 43.4 Å². The lowest BCUT2D eigenvalue weighted by Crippen LogP contribution is -2.48. The highest BCUT2D eigenvalue weighted by molar-refractivity contribution is 7.87. The highest BCUT2D eigenvalue weighted by Crippen LogP contribution is 2.59. The number of hydrogen-bond acceptors (Lipinski definition) is 3. The molecule has 1 aliphatic carbocycles. The molecule has 0 aromatic heterocycles. The lowest BCUT2D eigenvalue weighted by Gasteiger charge is -2.42. The van der Waals surface area contributed by atoms with Crippen molar-refractivity contribution in [2.24, 2.45) is 23.2 Å². The maximum atomic E-state index is 11.9. The van der Waals surface area contributed by atoms with Crippen molar-refractivity contribution in [2.75, 3.05) is 0 Å². The molecule has 0 spiro atoms. The first-order valence-corrected chi connectivity index (χ1v) is 7.12. The van der Waals surface area contributed by atoms with Crippen LogP contribution in [0.3, 0.4) is 0 Å². The van der Waals surface area contributed by atoms with Gasteiger partial charge in [-0.1, -0.05) is 27.7 Å². The second kappa shape index (κ2) is 2.98. The molecule has 2 bridgehead atoms. The average Bonchev–Trinajstić information content (AvgIpc) is 2.24. The summed E-state index contributed by atoms with van der Waals surface area (Å²) in [5.41, 5.74) is -0.00456. The van der Waals surface area contributed by atoms with Gasteiger partial charge in [0, 0.05) is 5.41 Å². The fraction of sp³-hybridized carbons (Fsp3) is 1.00. The van der Waals surface area contributed by atoms with Gasteiger partial charge in [-0.25, -0.2) is 0 Å². The highest BCUT2D eigenvalue weighted by atomic mass is 32.2. The molecule has 2 fully saturated rings. The predicted molar refractivity (Wildman–Crippen MR) is 58.9 cm³/mol. The molecule has 0 radical (unpaired) electrons. The van der Waals surface area contributed by atoms with E-state index in [4.69, 9.17) is 4.18 Å². The van der Waals surface area contributed by atoms with Crippen molar-refractivity contribution >= 4 is 10.1 Å². The van der Waals surface area contributed by atoms with Gasteiger partial charge in [-0.05, 0) is 24.7 Å². The number of fused-ring (bicyclic) bond motifs is 2. The first-order chi connectivity index (χ1) is 6.73. The van der Waals surface area contributed by atoms with Crippen LogP contribution in [-0.2, 0) is 14.3 Å². The normalized spacial score (nSPS) is 58.1. The van der Waals surface area contributed by atoms with Crippen LogP contribution in [0.15, 0.2) is 0 Å². The van der Waals surface area contributed by atoms with E-state index in [1.807, 2.05) is 13.8 Å². The average molecular weight is 232 g/mol. The minimum absolute atomic E-state index is 0.00456. The molecule has 88 valence electrons. The summed E-state index contributed by atoms with van der Waals surface area (Å²) in [6.45, 7) is 10.3. The number of rotatable bonds is 0. The summed E-state index contributed by atoms with van der Waals surface area (Å²) < 4.78 is 29.1. The summed E-state index contributed by atoms with van der Waals surface area (Å²) >= 11 is 0. The molecular formula is C11H20O3S. The van der Waals surface area contributed by atoms with E-state index in [-0.39, 0.29) is 28.6 Å². The van der Waals surface area contributed by atoms with Crippen LogP contribution < -0.4 is 0 Å². The molecule has 15 heavy (non-hydrogen) atoms. The van der Waals surface area contributed by atoms with Crippen molar-refractivity contribution in [1.82, 2.24) is 0 Å². The standard InChI is InChI=1S/C11H20O3S/c1-6-7(2)11(5)8(3)10(6)15(12,13)14-9(11)4/h6-10H,1-5H3. The molecule has 0 aromatic carbocycles. The third-order valence-electron chi connectivity index (χ3n) is 5.25. The van der Waals surface area contributed by atoms with Crippen LogP contribution in [0.5, 0.6) is 0 Å². The Hall–Kier alpha value is -0.0900. The lowest BCUT2D eigenvalue weighted by molar-refractivity contribution is 0.00574. The zero-order valence-electron chi connectivity index (χ0n) is 10.0. The lowest BCUT2D eigenvalue weighted by atomic mass is 9.70. The third-order valence-corrected chi connectivity index (χ3v) is 7.31.